The van der Waals surface area contributed by atoms with Gasteiger partial charge in [0.25, 0.3) is 0 Å². The molecule has 0 aromatic heterocycles. The van der Waals surface area contributed by atoms with Gasteiger partial charge in [-0.3, -0.25) is 9.59 Å². The lowest BCUT2D eigenvalue weighted by atomic mass is 10.5. The fourth-order valence-corrected chi connectivity index (χ4v) is 15.5. The molecule has 0 aromatic carbocycles. The van der Waals surface area contributed by atoms with Gasteiger partial charge in [0, 0.05) is 87.0 Å². The first-order chi connectivity index (χ1) is 21.0. The lowest BCUT2D eigenvalue weighted by Crippen LogP contribution is -2.13. The number of hydrogen-bond donors (Lipinski definition) is 2. The van der Waals surface area contributed by atoms with Crippen molar-refractivity contribution in [3.05, 3.63) is 0 Å². The van der Waals surface area contributed by atoms with Gasteiger partial charge in [0.1, 0.15) is 23.0 Å². The molecule has 0 fully saturated rings. The molecule has 0 saturated carbocycles. The quantitative estimate of drug-likeness (QED) is 0.0435. The van der Waals surface area contributed by atoms with Crippen molar-refractivity contribution in [2.45, 2.75) is 25.7 Å². The van der Waals surface area contributed by atoms with Gasteiger partial charge in [-0.2, -0.15) is 58.8 Å². The molecule has 0 rings (SSSR count). The molecule has 0 aliphatic rings. The van der Waals surface area contributed by atoms with E-state index in [1.54, 1.807) is 23.5 Å². The molecule has 0 amide bonds. The zero-order valence-corrected chi connectivity index (χ0v) is 34.5. The van der Waals surface area contributed by atoms with E-state index in [4.69, 9.17) is 10.2 Å². The normalized spacial score (nSPS) is 12.9. The van der Waals surface area contributed by atoms with Crippen molar-refractivity contribution >= 4 is 150 Å². The van der Waals surface area contributed by atoms with Crippen molar-refractivity contribution in [3.8, 4) is 0 Å². The summed E-state index contributed by atoms with van der Waals surface area (Å²) in [5.74, 6) is 11.9. The molecule has 18 heteroatoms. The zero-order chi connectivity index (χ0) is 31.6. The van der Waals surface area contributed by atoms with Crippen LogP contribution in [-0.2, 0) is 31.9 Å². The predicted molar refractivity (Wildman–Crippen MR) is 218 cm³/mol. The molecule has 0 aliphatic heterocycles. The van der Waals surface area contributed by atoms with Crippen LogP contribution in [0.2, 0.25) is 0 Å². The smallest absolute Gasteiger partial charge is 0.189 e. The third-order valence-corrected chi connectivity index (χ3v) is 19.0. The molecule has 2 N–H and O–H groups in total. The van der Waals surface area contributed by atoms with Crippen molar-refractivity contribution in [2.75, 3.05) is 108 Å². The minimum atomic E-state index is -0.777. The van der Waals surface area contributed by atoms with Crippen LogP contribution >= 0.6 is 118 Å². The SMILES string of the molecule is O=C(CCSCSCCC[S+]([O-])CCSCSCCSC(=O)CCSCSCCC[S+]([O-])CCSCO)SCCSCO. The van der Waals surface area contributed by atoms with Gasteiger partial charge in [0.15, 0.2) is 10.2 Å². The Hall–Kier alpha value is 3.38. The van der Waals surface area contributed by atoms with E-state index in [1.807, 2.05) is 47.0 Å². The maximum atomic E-state index is 12.2. The van der Waals surface area contributed by atoms with E-state index in [9.17, 15) is 18.7 Å². The number of carbonyl (C=O) groups is 2. The summed E-state index contributed by atoms with van der Waals surface area (Å²) in [5, 5.41) is 20.8. The highest BCUT2D eigenvalue weighted by atomic mass is 32.2. The van der Waals surface area contributed by atoms with Crippen LogP contribution < -0.4 is 0 Å². The van der Waals surface area contributed by atoms with Gasteiger partial charge in [0.05, 0.1) is 11.9 Å². The van der Waals surface area contributed by atoms with E-state index in [1.165, 1.54) is 47.0 Å². The third-order valence-electron chi connectivity index (χ3n) is 4.80. The van der Waals surface area contributed by atoms with Crippen molar-refractivity contribution in [2.24, 2.45) is 0 Å². The molecule has 256 valence electrons. The summed E-state index contributed by atoms with van der Waals surface area (Å²) in [4.78, 5) is 23.8. The summed E-state index contributed by atoms with van der Waals surface area (Å²) in [6.07, 6.45) is 3.12. The maximum Gasteiger partial charge on any atom is 0.189 e. The van der Waals surface area contributed by atoms with Gasteiger partial charge in [-0.05, 0) is 11.5 Å². The number of hydrogen-bond acceptors (Lipinski definition) is 16. The van der Waals surface area contributed by atoms with Crippen LogP contribution in [0.25, 0.3) is 0 Å². The standard InChI is InChI=1S/C25H48O6S12/c26-19-32-9-11-40-24(28)3-7-36-22-35-6-2-16-43(31)18-14-39-23-38-10-12-41-25(29)4-8-37-21-34-5-1-15-42(30)17-13-33-20-27/h26-27H,1-23H2. The molecule has 0 spiro atoms. The van der Waals surface area contributed by atoms with Gasteiger partial charge in [0.2, 0.25) is 0 Å². The second-order valence-electron chi connectivity index (χ2n) is 8.22. The Balaban J connectivity index is 3.34. The van der Waals surface area contributed by atoms with Gasteiger partial charge >= 0.3 is 0 Å². The van der Waals surface area contributed by atoms with E-state index < -0.39 is 22.4 Å². The highest BCUT2D eigenvalue weighted by molar-refractivity contribution is 8.18. The molecule has 2 atom stereocenters. The molecule has 0 saturated heterocycles. The first-order valence-corrected chi connectivity index (χ1v) is 28.0. The average Bonchev–Trinajstić information content (AvgIpc) is 2.99. The average molecular weight is 829 g/mol. The monoisotopic (exact) mass is 828 g/mol. The predicted octanol–water partition coefficient (Wildman–Crippen LogP) is 6.20. The number of aliphatic hydroxyl groups is 2. The summed E-state index contributed by atoms with van der Waals surface area (Å²) in [7, 11) is 0. The van der Waals surface area contributed by atoms with Crippen molar-refractivity contribution in [3.63, 3.8) is 0 Å². The van der Waals surface area contributed by atoms with Gasteiger partial charge in [-0.25, -0.2) is 0 Å². The van der Waals surface area contributed by atoms with Crippen molar-refractivity contribution in [1.82, 2.24) is 0 Å². The van der Waals surface area contributed by atoms with Crippen molar-refractivity contribution < 1.29 is 28.9 Å². The third kappa shape index (κ3) is 38.0. The summed E-state index contributed by atoms with van der Waals surface area (Å²) >= 11 is 15.1. The summed E-state index contributed by atoms with van der Waals surface area (Å²) < 4.78 is 24.0. The Bertz CT molecular complexity index is 629. The van der Waals surface area contributed by atoms with Crippen LogP contribution in [0, 0.1) is 0 Å². The lowest BCUT2D eigenvalue weighted by Gasteiger charge is -2.10. The second kappa shape index (κ2) is 38.2. The van der Waals surface area contributed by atoms with Crippen LogP contribution in [0.15, 0.2) is 0 Å². The van der Waals surface area contributed by atoms with E-state index in [2.05, 4.69) is 0 Å². The van der Waals surface area contributed by atoms with E-state index in [0.29, 0.717) is 18.6 Å². The highest BCUT2D eigenvalue weighted by Crippen LogP contribution is 2.20. The van der Waals surface area contributed by atoms with Gasteiger partial charge < -0.3 is 19.3 Å². The number of thioether (sulfide) groups is 10. The minimum absolute atomic E-state index is 0.0957. The van der Waals surface area contributed by atoms with E-state index in [-0.39, 0.29) is 22.1 Å². The molecule has 0 aromatic rings. The first kappa shape index (κ1) is 46.4. The Morgan fingerprint density at radius 1 is 0.465 bits per heavy atom. The fraction of sp³-hybridized carbons (Fsp3) is 0.920. The second-order valence-corrected chi connectivity index (χ2v) is 23.8. The molecular weight excluding hydrogens is 781 g/mol. The molecule has 0 heterocycles. The van der Waals surface area contributed by atoms with E-state index in [0.717, 1.165) is 103 Å². The molecule has 6 nitrogen and oxygen atoms in total. The minimum Gasteiger partial charge on any atom is -0.616 e. The van der Waals surface area contributed by atoms with Crippen molar-refractivity contribution in [1.29, 1.82) is 0 Å². The Morgan fingerprint density at radius 3 is 1.33 bits per heavy atom. The summed E-state index contributed by atoms with van der Waals surface area (Å²) in [5.41, 5.74) is 0. The Labute approximate surface area is 309 Å². The molecule has 2 unspecified atom stereocenters. The zero-order valence-electron chi connectivity index (χ0n) is 24.7. The highest BCUT2D eigenvalue weighted by Gasteiger charge is 2.08. The van der Waals surface area contributed by atoms with Crippen LogP contribution in [0.3, 0.4) is 0 Å². The first-order valence-electron chi connectivity index (χ1n) is 13.8. The largest absolute Gasteiger partial charge is 0.616 e. The fourth-order valence-electron chi connectivity index (χ4n) is 2.70. The molecule has 0 radical (unpaired) electrons. The molecular formula is C25H48O6S12. The number of rotatable bonds is 34. The lowest BCUT2D eigenvalue weighted by molar-refractivity contribution is -0.111. The summed E-state index contributed by atoms with van der Waals surface area (Å²) in [6, 6.07) is 0. The number of carbonyl (C=O) groups excluding carboxylic acids is 2. The van der Waals surface area contributed by atoms with Crippen LogP contribution in [0.4, 0.5) is 0 Å². The topological polar surface area (TPSA) is 121 Å². The Morgan fingerprint density at radius 2 is 0.837 bits per heavy atom. The maximum absolute atomic E-state index is 12.2. The molecule has 0 aliphatic carbocycles. The Kier molecular flexibility index (Phi) is 41.2. The van der Waals surface area contributed by atoms with Crippen LogP contribution in [0.1, 0.15) is 25.7 Å². The molecule has 43 heavy (non-hydrogen) atoms. The van der Waals surface area contributed by atoms with Crippen LogP contribution in [-0.4, -0.2) is 137 Å². The number of aliphatic hydroxyl groups excluding tert-OH is 2. The van der Waals surface area contributed by atoms with E-state index >= 15 is 0 Å². The van der Waals surface area contributed by atoms with Crippen LogP contribution in [0.5, 0.6) is 0 Å². The molecule has 0 bridgehead atoms. The van der Waals surface area contributed by atoms with Gasteiger partial charge in [-0.15, -0.1) is 35.3 Å². The van der Waals surface area contributed by atoms with Gasteiger partial charge in [-0.1, -0.05) is 45.9 Å². The summed E-state index contributed by atoms with van der Waals surface area (Å²) in [6.45, 7) is 0.